The summed E-state index contributed by atoms with van der Waals surface area (Å²) in [6, 6.07) is 0. The number of hydrogen-bond donors (Lipinski definition) is 6. The second kappa shape index (κ2) is 8.69. The van der Waals surface area contributed by atoms with Crippen molar-refractivity contribution in [3.8, 4) is 0 Å². The van der Waals surface area contributed by atoms with Crippen molar-refractivity contribution in [2.24, 2.45) is 5.92 Å². The van der Waals surface area contributed by atoms with E-state index in [4.69, 9.17) is 19.5 Å². The zero-order chi connectivity index (χ0) is 26.1. The third-order valence-corrected chi connectivity index (χ3v) is 7.73. The quantitative estimate of drug-likeness (QED) is 0.106. The largest absolute Gasteiger partial charge is 0.390 e. The third-order valence-electron chi connectivity index (χ3n) is 6.09. The van der Waals surface area contributed by atoms with Gasteiger partial charge in [-0.25, -0.2) is 14.5 Å². The van der Waals surface area contributed by atoms with Gasteiger partial charge in [-0.1, -0.05) is 17.5 Å². The molecule has 1 saturated heterocycles. The number of nitrogens with one attached hydrogen (secondary N) is 2. The number of imidazole rings is 1. The van der Waals surface area contributed by atoms with Crippen LogP contribution in [0.4, 0.5) is 5.95 Å². The van der Waals surface area contributed by atoms with Gasteiger partial charge in [-0.3, -0.25) is 23.7 Å². The van der Waals surface area contributed by atoms with Crippen molar-refractivity contribution in [3.63, 3.8) is 0 Å². The van der Waals surface area contributed by atoms with Crippen molar-refractivity contribution in [2.45, 2.75) is 37.2 Å². The highest BCUT2D eigenvalue weighted by molar-refractivity contribution is 8.44. The van der Waals surface area contributed by atoms with Gasteiger partial charge in [0.1, 0.15) is 6.10 Å². The SMILES string of the molecule is Nc1nc2c(ncn2[C@@H]2O[C@@H]3C(O)C3[C@H]2OP(=O)(S)OCC[C@@H](O)n2nnc3c(=O)[nH]cnc32)c(=O)[nH]1. The van der Waals surface area contributed by atoms with Crippen LogP contribution >= 0.6 is 19.0 Å². The summed E-state index contributed by atoms with van der Waals surface area (Å²) < 4.78 is 32.3. The van der Waals surface area contributed by atoms with Crippen LogP contribution in [0.3, 0.4) is 0 Å². The molecule has 6 rings (SSSR count). The molecule has 37 heavy (non-hydrogen) atoms. The van der Waals surface area contributed by atoms with Gasteiger partial charge in [-0.2, -0.15) is 9.67 Å². The Hall–Kier alpha value is -3.19. The molecule has 2 fully saturated rings. The molecule has 6 N–H and O–H groups in total. The predicted molar refractivity (Wildman–Crippen MR) is 125 cm³/mol. The molecule has 196 valence electrons. The Morgan fingerprint density at radius 1 is 1.27 bits per heavy atom. The minimum atomic E-state index is -4.06. The maximum absolute atomic E-state index is 13.0. The number of fused-ring (bicyclic) bond motifs is 3. The van der Waals surface area contributed by atoms with Crippen LogP contribution in [0.5, 0.6) is 0 Å². The van der Waals surface area contributed by atoms with Crippen LogP contribution in [0.15, 0.2) is 22.2 Å². The minimum absolute atomic E-state index is 0.00841. The molecule has 0 aromatic carbocycles. The molecule has 5 heterocycles. The third kappa shape index (κ3) is 4.13. The van der Waals surface area contributed by atoms with Crippen molar-refractivity contribution in [1.29, 1.82) is 0 Å². The number of ether oxygens (including phenoxy) is 1. The average molecular weight is 554 g/mol. The fourth-order valence-electron chi connectivity index (χ4n) is 4.30. The number of rotatable bonds is 8. The highest BCUT2D eigenvalue weighted by atomic mass is 32.7. The summed E-state index contributed by atoms with van der Waals surface area (Å²) in [4.78, 5) is 40.6. The summed E-state index contributed by atoms with van der Waals surface area (Å²) in [7, 11) is 0. The molecule has 1 saturated carbocycles. The number of aromatic amines is 2. The number of thiol groups is 1. The van der Waals surface area contributed by atoms with Crippen LogP contribution in [0.1, 0.15) is 18.9 Å². The van der Waals surface area contributed by atoms with Crippen LogP contribution in [-0.2, 0) is 18.3 Å². The molecule has 1 aliphatic heterocycles. The lowest BCUT2D eigenvalue weighted by molar-refractivity contribution is -0.0608. The maximum Gasteiger partial charge on any atom is 0.386 e. The Bertz CT molecular complexity index is 1670. The smallest absolute Gasteiger partial charge is 0.386 e. The van der Waals surface area contributed by atoms with Crippen LogP contribution in [-0.4, -0.2) is 79.6 Å². The molecule has 4 aromatic heterocycles. The molecular weight excluding hydrogens is 535 g/mol. The predicted octanol–water partition coefficient (Wildman–Crippen LogP) is -1.56. The summed E-state index contributed by atoms with van der Waals surface area (Å²) in [5.41, 5.74) is 4.70. The first-order valence-electron chi connectivity index (χ1n) is 10.8. The van der Waals surface area contributed by atoms with Gasteiger partial charge < -0.3 is 30.2 Å². The molecular formula is C17H19N10O8PS. The lowest BCUT2D eigenvalue weighted by atomic mass is 10.2. The molecule has 3 unspecified atom stereocenters. The van der Waals surface area contributed by atoms with Crippen molar-refractivity contribution in [1.82, 2.24) is 44.5 Å². The van der Waals surface area contributed by atoms with Gasteiger partial charge in [0.05, 0.1) is 31.5 Å². The van der Waals surface area contributed by atoms with E-state index in [9.17, 15) is 24.4 Å². The van der Waals surface area contributed by atoms with E-state index in [0.29, 0.717) is 0 Å². The van der Waals surface area contributed by atoms with E-state index in [1.165, 1.54) is 10.9 Å². The number of anilines is 1. The lowest BCUT2D eigenvalue weighted by Crippen LogP contribution is -2.28. The molecule has 2 aliphatic rings. The zero-order valence-corrected chi connectivity index (χ0v) is 20.3. The van der Waals surface area contributed by atoms with E-state index in [1.54, 1.807) is 0 Å². The standard InChI is InChI=1S/C17H19N10O8PS/c18-17-22-13-7(15(31)23-17)21-4-26(13)16-11(6-9(29)10(6)34-16)35-36(32,37)33-2-1-5(28)27-12-8(24-25-27)14(30)20-3-19-12/h3-6,9-11,16,28-29H,1-2H2,(H,32,37)(H,19,20,30)(H3,18,22,23,31)/t5-,6?,9?,10+,11-,16-,36?/m1/s1. The van der Waals surface area contributed by atoms with Crippen molar-refractivity contribution in [3.05, 3.63) is 33.4 Å². The van der Waals surface area contributed by atoms with Crippen LogP contribution < -0.4 is 16.9 Å². The molecule has 1 aliphatic carbocycles. The Morgan fingerprint density at radius 3 is 2.89 bits per heavy atom. The second-order valence-electron chi connectivity index (χ2n) is 8.41. The fraction of sp³-hybridized carbons (Fsp3) is 0.471. The normalized spacial score (nSPS) is 27.4. The molecule has 0 bridgehead atoms. The number of hydrogen-bond acceptors (Lipinski definition) is 14. The molecule has 0 amide bonds. The molecule has 0 spiro atoms. The number of nitrogens with zero attached hydrogens (tertiary/aromatic N) is 7. The van der Waals surface area contributed by atoms with E-state index in [-0.39, 0.29) is 41.3 Å². The van der Waals surface area contributed by atoms with E-state index < -0.39 is 54.6 Å². The average Bonchev–Trinajstić information content (AvgIpc) is 3.24. The van der Waals surface area contributed by atoms with Gasteiger partial charge in [0.15, 0.2) is 34.8 Å². The molecule has 18 nitrogen and oxygen atoms in total. The summed E-state index contributed by atoms with van der Waals surface area (Å²) in [6.45, 7) is -4.35. The second-order valence-corrected chi connectivity index (χ2v) is 11.3. The lowest BCUT2D eigenvalue weighted by Gasteiger charge is -2.26. The Morgan fingerprint density at radius 2 is 2.08 bits per heavy atom. The molecule has 20 heteroatoms. The Kier molecular flexibility index (Phi) is 5.68. The monoisotopic (exact) mass is 554 g/mol. The maximum atomic E-state index is 13.0. The number of aliphatic hydroxyl groups is 2. The fourth-order valence-corrected chi connectivity index (χ4v) is 5.82. The number of nitrogens with two attached hydrogens (primary N) is 1. The van der Waals surface area contributed by atoms with Gasteiger partial charge >= 0.3 is 6.80 Å². The molecule has 4 aromatic rings. The van der Waals surface area contributed by atoms with Crippen molar-refractivity contribution >= 4 is 47.3 Å². The van der Waals surface area contributed by atoms with Crippen LogP contribution in [0.2, 0.25) is 0 Å². The van der Waals surface area contributed by atoms with Crippen LogP contribution in [0, 0.1) is 5.92 Å². The van der Waals surface area contributed by atoms with E-state index in [0.717, 1.165) is 11.0 Å². The van der Waals surface area contributed by atoms with Gasteiger partial charge in [0.25, 0.3) is 11.1 Å². The molecule has 7 atom stereocenters. The van der Waals surface area contributed by atoms with E-state index in [2.05, 4.69) is 47.5 Å². The number of nitrogen functional groups attached to an aromatic ring is 1. The highest BCUT2D eigenvalue weighted by Gasteiger charge is 2.66. The first-order chi connectivity index (χ1) is 17.6. The van der Waals surface area contributed by atoms with Gasteiger partial charge in [-0.05, 0) is 0 Å². The minimum Gasteiger partial charge on any atom is -0.390 e. The first-order valence-corrected chi connectivity index (χ1v) is 13.5. The Labute approximate surface area is 209 Å². The van der Waals surface area contributed by atoms with E-state index >= 15 is 0 Å². The van der Waals surface area contributed by atoms with Crippen molar-refractivity contribution < 1.29 is 28.6 Å². The summed E-state index contributed by atoms with van der Waals surface area (Å²) in [6.07, 6.45) is -2.41. The first kappa shape index (κ1) is 24.2. The summed E-state index contributed by atoms with van der Waals surface area (Å²) >= 11 is 4.03. The van der Waals surface area contributed by atoms with Gasteiger partial charge in [-0.15, -0.1) is 5.10 Å². The van der Waals surface area contributed by atoms with E-state index in [1.807, 2.05) is 0 Å². The zero-order valence-electron chi connectivity index (χ0n) is 18.5. The topological polar surface area (TPSA) is 251 Å². The van der Waals surface area contributed by atoms with Crippen molar-refractivity contribution in [2.75, 3.05) is 12.3 Å². The van der Waals surface area contributed by atoms with Crippen LogP contribution in [0.25, 0.3) is 22.3 Å². The summed E-state index contributed by atoms with van der Waals surface area (Å²) in [5, 5.41) is 28.0. The Balaban J connectivity index is 1.16. The number of aliphatic hydroxyl groups excluding tert-OH is 2. The van der Waals surface area contributed by atoms with Gasteiger partial charge in [0.2, 0.25) is 5.95 Å². The number of H-pyrrole nitrogens is 2. The number of aromatic nitrogens is 9. The summed E-state index contributed by atoms with van der Waals surface area (Å²) in [5.74, 6) is -0.677. The highest BCUT2D eigenvalue weighted by Crippen LogP contribution is 2.61. The van der Waals surface area contributed by atoms with Gasteiger partial charge in [0, 0.05) is 12.3 Å². The molecule has 0 radical (unpaired) electrons.